The van der Waals surface area contributed by atoms with Crippen molar-refractivity contribution >= 4 is 5.96 Å². The summed E-state index contributed by atoms with van der Waals surface area (Å²) in [6.07, 6.45) is 4.19. The van der Waals surface area contributed by atoms with E-state index in [4.69, 9.17) is 15.2 Å². The van der Waals surface area contributed by atoms with Gasteiger partial charge in [0.25, 0.3) is 0 Å². The first-order chi connectivity index (χ1) is 12.8. The van der Waals surface area contributed by atoms with Gasteiger partial charge in [0, 0.05) is 32.7 Å². The number of guanidine groups is 1. The molecule has 1 saturated heterocycles. The molecule has 0 aliphatic carbocycles. The fourth-order valence-electron chi connectivity index (χ4n) is 2.80. The molecule has 1 aliphatic rings. The summed E-state index contributed by atoms with van der Waals surface area (Å²) in [5, 5.41) is 3.19. The van der Waals surface area contributed by atoms with E-state index in [1.54, 1.807) is 0 Å². The van der Waals surface area contributed by atoms with Crippen LogP contribution >= 0.6 is 0 Å². The molecule has 1 aromatic rings. The average Bonchev–Trinajstić information content (AvgIpc) is 2.67. The second-order valence-electron chi connectivity index (χ2n) is 6.60. The van der Waals surface area contributed by atoms with Gasteiger partial charge in [0.05, 0.1) is 19.8 Å². The number of aliphatic imine (C=N–C) groups is 1. The van der Waals surface area contributed by atoms with Crippen molar-refractivity contribution in [2.75, 3.05) is 52.5 Å². The van der Waals surface area contributed by atoms with Gasteiger partial charge in [-0.2, -0.15) is 0 Å². The van der Waals surface area contributed by atoms with Crippen molar-refractivity contribution in [2.45, 2.75) is 32.6 Å². The van der Waals surface area contributed by atoms with Crippen molar-refractivity contribution in [3.05, 3.63) is 29.8 Å². The molecular formula is C20H34N4O2. The van der Waals surface area contributed by atoms with Gasteiger partial charge in [-0.15, -0.1) is 0 Å². The van der Waals surface area contributed by atoms with Gasteiger partial charge >= 0.3 is 0 Å². The second kappa shape index (κ2) is 12.5. The Morgan fingerprint density at radius 2 is 2.00 bits per heavy atom. The second-order valence-corrected chi connectivity index (χ2v) is 6.60. The van der Waals surface area contributed by atoms with E-state index in [0.717, 1.165) is 84.0 Å². The van der Waals surface area contributed by atoms with Crippen LogP contribution in [0.5, 0.6) is 5.75 Å². The van der Waals surface area contributed by atoms with Crippen LogP contribution in [-0.2, 0) is 11.2 Å². The Hall–Kier alpha value is -1.79. The van der Waals surface area contributed by atoms with Gasteiger partial charge in [-0.25, -0.2) is 0 Å². The molecule has 0 bridgehead atoms. The molecular weight excluding hydrogens is 328 g/mol. The minimum atomic E-state index is 0.534. The van der Waals surface area contributed by atoms with Gasteiger partial charge in [-0.3, -0.25) is 9.89 Å². The third kappa shape index (κ3) is 8.54. The highest BCUT2D eigenvalue weighted by Crippen LogP contribution is 2.12. The summed E-state index contributed by atoms with van der Waals surface area (Å²) in [5.74, 6) is 1.48. The molecule has 26 heavy (non-hydrogen) atoms. The largest absolute Gasteiger partial charge is 0.494 e. The number of morpholine rings is 1. The molecule has 1 aliphatic heterocycles. The summed E-state index contributed by atoms with van der Waals surface area (Å²) >= 11 is 0. The third-order valence-electron chi connectivity index (χ3n) is 4.43. The van der Waals surface area contributed by atoms with Gasteiger partial charge in [0.15, 0.2) is 5.96 Å². The summed E-state index contributed by atoms with van der Waals surface area (Å²) in [4.78, 5) is 6.82. The fraction of sp³-hybridized carbons (Fsp3) is 0.650. The van der Waals surface area contributed by atoms with Crippen LogP contribution in [0.1, 0.15) is 31.7 Å². The predicted octanol–water partition coefficient (Wildman–Crippen LogP) is 2.03. The number of nitrogens with zero attached hydrogens (tertiary/aromatic N) is 2. The maximum atomic E-state index is 5.93. The Balaban J connectivity index is 1.56. The molecule has 2 rings (SSSR count). The molecule has 1 aromatic carbocycles. The van der Waals surface area contributed by atoms with Crippen molar-refractivity contribution in [3.8, 4) is 5.75 Å². The standard InChI is InChI=1S/C20H34N4O2/c1-2-3-15-26-19-7-5-18(6-8-19)9-11-23-20(21)22-10-4-12-24-13-16-25-17-14-24/h5-8H,2-4,9-17H2,1H3,(H3,21,22,23). The normalized spacial score (nSPS) is 15.8. The number of nitrogens with two attached hydrogens (primary N) is 1. The number of ether oxygens (including phenoxy) is 2. The van der Waals surface area contributed by atoms with Crippen LogP contribution in [0.15, 0.2) is 29.3 Å². The zero-order valence-corrected chi connectivity index (χ0v) is 16.1. The highest BCUT2D eigenvalue weighted by molar-refractivity contribution is 5.77. The molecule has 6 heteroatoms. The molecule has 0 saturated carbocycles. The van der Waals surface area contributed by atoms with E-state index >= 15 is 0 Å². The van der Waals surface area contributed by atoms with Crippen molar-refractivity contribution < 1.29 is 9.47 Å². The number of nitrogens with one attached hydrogen (secondary N) is 1. The molecule has 0 spiro atoms. The van der Waals surface area contributed by atoms with E-state index in [2.05, 4.69) is 34.3 Å². The molecule has 0 unspecified atom stereocenters. The number of benzene rings is 1. The Morgan fingerprint density at radius 1 is 1.23 bits per heavy atom. The summed E-state index contributed by atoms with van der Waals surface area (Å²) < 4.78 is 11.0. The van der Waals surface area contributed by atoms with E-state index < -0.39 is 0 Å². The van der Waals surface area contributed by atoms with Crippen molar-refractivity contribution in [3.63, 3.8) is 0 Å². The molecule has 0 atom stereocenters. The number of unbranched alkanes of at least 4 members (excludes halogenated alkanes) is 1. The Bertz CT molecular complexity index is 513. The molecule has 0 aromatic heterocycles. The van der Waals surface area contributed by atoms with Gasteiger partial charge < -0.3 is 20.5 Å². The number of rotatable bonds is 11. The molecule has 3 N–H and O–H groups in total. The first-order valence-corrected chi connectivity index (χ1v) is 9.83. The predicted molar refractivity (Wildman–Crippen MR) is 107 cm³/mol. The Labute approximate surface area is 157 Å². The topological polar surface area (TPSA) is 72.1 Å². The summed E-state index contributed by atoms with van der Waals surface area (Å²) in [5.41, 5.74) is 7.20. The Morgan fingerprint density at radius 3 is 2.73 bits per heavy atom. The summed E-state index contributed by atoms with van der Waals surface area (Å²) in [6.45, 7) is 9.31. The molecule has 6 nitrogen and oxygen atoms in total. The van der Waals surface area contributed by atoms with Gasteiger partial charge in [0.1, 0.15) is 5.75 Å². The van der Waals surface area contributed by atoms with Gasteiger partial charge in [-0.05, 0) is 37.0 Å². The lowest BCUT2D eigenvalue weighted by Crippen LogP contribution is -2.37. The lowest BCUT2D eigenvalue weighted by Gasteiger charge is -2.26. The Kier molecular flexibility index (Phi) is 9.90. The smallest absolute Gasteiger partial charge is 0.188 e. The van der Waals surface area contributed by atoms with Crippen LogP contribution < -0.4 is 15.8 Å². The quantitative estimate of drug-likeness (QED) is 0.358. The van der Waals surface area contributed by atoms with Gasteiger partial charge in [-0.1, -0.05) is 25.5 Å². The monoisotopic (exact) mass is 362 g/mol. The number of hydrogen-bond acceptors (Lipinski definition) is 4. The summed E-state index contributed by atoms with van der Waals surface area (Å²) in [6, 6.07) is 8.29. The van der Waals surface area contributed by atoms with Crippen LogP contribution in [0.2, 0.25) is 0 Å². The van der Waals surface area contributed by atoms with E-state index in [0.29, 0.717) is 5.96 Å². The highest BCUT2D eigenvalue weighted by atomic mass is 16.5. The van der Waals surface area contributed by atoms with E-state index in [1.807, 2.05) is 12.1 Å². The molecule has 1 fully saturated rings. The van der Waals surface area contributed by atoms with Crippen LogP contribution in [0.25, 0.3) is 0 Å². The molecule has 0 radical (unpaired) electrons. The van der Waals surface area contributed by atoms with Gasteiger partial charge in [0.2, 0.25) is 0 Å². The molecule has 146 valence electrons. The van der Waals surface area contributed by atoms with Crippen molar-refractivity contribution in [2.24, 2.45) is 10.7 Å². The zero-order chi connectivity index (χ0) is 18.5. The first kappa shape index (κ1) is 20.5. The van der Waals surface area contributed by atoms with E-state index in [-0.39, 0.29) is 0 Å². The maximum absolute atomic E-state index is 5.93. The van der Waals surface area contributed by atoms with Crippen LogP contribution in [0, 0.1) is 0 Å². The number of hydrogen-bond donors (Lipinski definition) is 2. The molecule has 1 heterocycles. The SMILES string of the molecule is CCCCOc1ccc(CCNC(N)=NCCCN2CCOCC2)cc1. The summed E-state index contributed by atoms with van der Waals surface area (Å²) in [7, 11) is 0. The average molecular weight is 363 g/mol. The van der Waals surface area contributed by atoms with Crippen LogP contribution in [-0.4, -0.2) is 63.4 Å². The van der Waals surface area contributed by atoms with Crippen molar-refractivity contribution in [1.82, 2.24) is 10.2 Å². The fourth-order valence-corrected chi connectivity index (χ4v) is 2.80. The van der Waals surface area contributed by atoms with Crippen LogP contribution in [0.4, 0.5) is 0 Å². The van der Waals surface area contributed by atoms with E-state index in [9.17, 15) is 0 Å². The van der Waals surface area contributed by atoms with Crippen molar-refractivity contribution in [1.29, 1.82) is 0 Å². The minimum Gasteiger partial charge on any atom is -0.494 e. The first-order valence-electron chi connectivity index (χ1n) is 9.83. The maximum Gasteiger partial charge on any atom is 0.188 e. The zero-order valence-electron chi connectivity index (χ0n) is 16.1. The minimum absolute atomic E-state index is 0.534. The lowest BCUT2D eigenvalue weighted by atomic mass is 10.1. The van der Waals surface area contributed by atoms with E-state index in [1.165, 1.54) is 5.56 Å². The third-order valence-corrected chi connectivity index (χ3v) is 4.43. The highest BCUT2D eigenvalue weighted by Gasteiger charge is 2.08. The van der Waals surface area contributed by atoms with Crippen LogP contribution in [0.3, 0.4) is 0 Å². The molecule has 0 amide bonds. The lowest BCUT2D eigenvalue weighted by molar-refractivity contribution is 0.0377.